The first kappa shape index (κ1) is 9.50. The highest BCUT2D eigenvalue weighted by Gasteiger charge is 2.29. The Labute approximate surface area is 91.4 Å². The molecule has 1 aliphatic carbocycles. The van der Waals surface area contributed by atoms with E-state index in [0.29, 0.717) is 5.92 Å². The van der Waals surface area contributed by atoms with Gasteiger partial charge in [0.05, 0.1) is 5.02 Å². The summed E-state index contributed by atoms with van der Waals surface area (Å²) in [4.78, 5) is 0. The number of rotatable bonds is 2. The largest absolute Gasteiger partial charge is 0.324 e. The smallest absolute Gasteiger partial charge is 0.0548 e. The molecule has 1 nitrogen and oxygen atoms in total. The third kappa shape index (κ3) is 2.06. The van der Waals surface area contributed by atoms with Crippen molar-refractivity contribution in [2.45, 2.75) is 18.9 Å². The van der Waals surface area contributed by atoms with E-state index in [1.165, 1.54) is 18.4 Å². The first-order valence-corrected chi connectivity index (χ1v) is 5.56. The Morgan fingerprint density at radius 3 is 2.69 bits per heavy atom. The summed E-state index contributed by atoms with van der Waals surface area (Å²) in [6.07, 6.45) is 2.53. The van der Waals surface area contributed by atoms with Crippen LogP contribution >= 0.6 is 27.5 Å². The summed E-state index contributed by atoms with van der Waals surface area (Å²) in [6, 6.07) is 6.11. The summed E-state index contributed by atoms with van der Waals surface area (Å²) in [5, 5.41) is 0.742. The molecule has 0 spiro atoms. The van der Waals surface area contributed by atoms with E-state index in [9.17, 15) is 0 Å². The molecule has 1 aromatic rings. The van der Waals surface area contributed by atoms with Crippen LogP contribution in [0.4, 0.5) is 0 Å². The van der Waals surface area contributed by atoms with Gasteiger partial charge >= 0.3 is 0 Å². The van der Waals surface area contributed by atoms with Crippen LogP contribution in [0.2, 0.25) is 5.02 Å². The molecule has 3 heteroatoms. The quantitative estimate of drug-likeness (QED) is 0.865. The van der Waals surface area contributed by atoms with E-state index in [4.69, 9.17) is 17.3 Å². The Hall–Kier alpha value is -0.0500. The Morgan fingerprint density at radius 1 is 1.46 bits per heavy atom. The van der Waals surface area contributed by atoms with Gasteiger partial charge in [0, 0.05) is 10.5 Å². The van der Waals surface area contributed by atoms with Gasteiger partial charge in [-0.15, -0.1) is 0 Å². The van der Waals surface area contributed by atoms with Crippen LogP contribution in [0.3, 0.4) is 0 Å². The first-order valence-electron chi connectivity index (χ1n) is 4.39. The van der Waals surface area contributed by atoms with Crippen molar-refractivity contribution in [3.05, 3.63) is 33.3 Å². The molecular weight excluding hydrogens is 249 g/mol. The minimum Gasteiger partial charge on any atom is -0.324 e. The monoisotopic (exact) mass is 259 g/mol. The van der Waals surface area contributed by atoms with Gasteiger partial charge in [0.1, 0.15) is 0 Å². The summed E-state index contributed by atoms with van der Waals surface area (Å²) in [7, 11) is 0. The molecule has 0 aliphatic heterocycles. The lowest BCUT2D eigenvalue weighted by Gasteiger charge is -2.11. The second kappa shape index (κ2) is 3.60. The third-order valence-corrected chi connectivity index (χ3v) is 3.67. The minimum atomic E-state index is 0.188. The van der Waals surface area contributed by atoms with Crippen LogP contribution < -0.4 is 5.73 Å². The van der Waals surface area contributed by atoms with E-state index in [1.54, 1.807) is 0 Å². The van der Waals surface area contributed by atoms with Crippen molar-refractivity contribution >= 4 is 27.5 Å². The van der Waals surface area contributed by atoms with E-state index >= 15 is 0 Å². The van der Waals surface area contributed by atoms with Gasteiger partial charge in [-0.25, -0.2) is 0 Å². The molecule has 2 rings (SSSR count). The van der Waals surface area contributed by atoms with Crippen molar-refractivity contribution in [3.8, 4) is 0 Å². The molecule has 0 radical (unpaired) electrons. The second-order valence-corrected chi connectivity index (χ2v) is 4.80. The lowest BCUT2D eigenvalue weighted by Crippen LogP contribution is -2.12. The fourth-order valence-corrected chi connectivity index (χ4v) is 1.96. The molecule has 1 atom stereocenters. The lowest BCUT2D eigenvalue weighted by atomic mass is 10.0. The van der Waals surface area contributed by atoms with Gasteiger partial charge in [0.2, 0.25) is 0 Å². The number of halogens is 2. The van der Waals surface area contributed by atoms with Gasteiger partial charge in [0.15, 0.2) is 0 Å². The number of nitrogens with two attached hydrogens (primary N) is 1. The highest BCUT2D eigenvalue weighted by atomic mass is 79.9. The minimum absolute atomic E-state index is 0.188. The van der Waals surface area contributed by atoms with Crippen molar-refractivity contribution < 1.29 is 0 Å². The molecule has 0 unspecified atom stereocenters. The van der Waals surface area contributed by atoms with Crippen LogP contribution in [0.5, 0.6) is 0 Å². The van der Waals surface area contributed by atoms with Crippen LogP contribution in [-0.2, 0) is 0 Å². The average molecular weight is 261 g/mol. The molecule has 13 heavy (non-hydrogen) atoms. The number of benzene rings is 1. The van der Waals surface area contributed by atoms with E-state index in [-0.39, 0.29) is 6.04 Å². The number of hydrogen-bond acceptors (Lipinski definition) is 1. The maximum absolute atomic E-state index is 6.06. The van der Waals surface area contributed by atoms with Gasteiger partial charge < -0.3 is 5.73 Å². The van der Waals surface area contributed by atoms with Crippen LogP contribution in [-0.4, -0.2) is 0 Å². The third-order valence-electron chi connectivity index (χ3n) is 2.46. The van der Waals surface area contributed by atoms with Crippen LogP contribution in [0.15, 0.2) is 22.7 Å². The van der Waals surface area contributed by atoms with Crippen LogP contribution in [0.25, 0.3) is 0 Å². The molecule has 1 aromatic carbocycles. The maximum atomic E-state index is 6.06. The molecule has 0 bridgehead atoms. The van der Waals surface area contributed by atoms with Gasteiger partial charge in [-0.2, -0.15) is 0 Å². The Kier molecular flexibility index (Phi) is 2.63. The van der Waals surface area contributed by atoms with E-state index in [0.717, 1.165) is 9.50 Å². The SMILES string of the molecule is N[C@H](c1ccc(Cl)c(Br)c1)C1CC1. The molecule has 1 fully saturated rings. The van der Waals surface area contributed by atoms with E-state index < -0.39 is 0 Å². The van der Waals surface area contributed by atoms with Crippen molar-refractivity contribution in [3.63, 3.8) is 0 Å². The predicted octanol–water partition coefficient (Wildman–Crippen LogP) is 3.51. The molecule has 70 valence electrons. The summed E-state index contributed by atoms with van der Waals surface area (Å²) in [5.41, 5.74) is 7.23. The molecule has 1 saturated carbocycles. The van der Waals surface area contributed by atoms with Crippen LogP contribution in [0.1, 0.15) is 24.4 Å². The Balaban J connectivity index is 2.24. The fourth-order valence-electron chi connectivity index (χ4n) is 1.45. The molecule has 0 saturated heterocycles. The molecule has 2 N–H and O–H groups in total. The summed E-state index contributed by atoms with van der Waals surface area (Å²) in [6.45, 7) is 0. The van der Waals surface area contributed by atoms with Crippen LogP contribution in [0, 0.1) is 5.92 Å². The van der Waals surface area contributed by atoms with Gasteiger partial charge in [-0.3, -0.25) is 0 Å². The second-order valence-electron chi connectivity index (χ2n) is 3.54. The fraction of sp³-hybridized carbons (Fsp3) is 0.400. The predicted molar refractivity (Wildman–Crippen MR) is 58.8 cm³/mol. The van der Waals surface area contributed by atoms with Crippen molar-refractivity contribution in [1.82, 2.24) is 0 Å². The van der Waals surface area contributed by atoms with Gasteiger partial charge in [-0.05, 0) is 52.4 Å². The zero-order valence-corrected chi connectivity index (χ0v) is 9.48. The van der Waals surface area contributed by atoms with Gasteiger partial charge in [-0.1, -0.05) is 17.7 Å². The zero-order valence-electron chi connectivity index (χ0n) is 7.13. The van der Waals surface area contributed by atoms with E-state index in [1.807, 2.05) is 18.2 Å². The Bertz CT molecular complexity index is 323. The summed E-state index contributed by atoms with van der Waals surface area (Å²) in [5.74, 6) is 0.688. The molecule has 0 amide bonds. The lowest BCUT2D eigenvalue weighted by molar-refractivity contribution is 0.633. The number of hydrogen-bond donors (Lipinski definition) is 1. The van der Waals surface area contributed by atoms with Crippen molar-refractivity contribution in [1.29, 1.82) is 0 Å². The first-order chi connectivity index (χ1) is 6.18. The molecule has 0 heterocycles. The molecule has 1 aliphatic rings. The summed E-state index contributed by atoms with van der Waals surface area (Å²) >= 11 is 9.29. The average Bonchev–Trinajstić information content (AvgIpc) is 2.91. The van der Waals surface area contributed by atoms with Gasteiger partial charge in [0.25, 0.3) is 0 Å². The Morgan fingerprint density at radius 2 is 2.15 bits per heavy atom. The zero-order chi connectivity index (χ0) is 9.42. The molecular formula is C10H11BrClN. The molecule has 0 aromatic heterocycles. The maximum Gasteiger partial charge on any atom is 0.0548 e. The van der Waals surface area contributed by atoms with E-state index in [2.05, 4.69) is 15.9 Å². The van der Waals surface area contributed by atoms with Crippen molar-refractivity contribution in [2.24, 2.45) is 11.7 Å². The topological polar surface area (TPSA) is 26.0 Å². The normalized spacial score (nSPS) is 18.7. The summed E-state index contributed by atoms with van der Waals surface area (Å²) < 4.78 is 0.933. The standard InChI is InChI=1S/C10H11BrClN/c11-8-5-7(3-4-9(8)12)10(13)6-1-2-6/h3-6,10H,1-2,13H2/t10-/m0/s1. The van der Waals surface area contributed by atoms with Crippen molar-refractivity contribution in [2.75, 3.05) is 0 Å². The highest BCUT2D eigenvalue weighted by molar-refractivity contribution is 9.10. The highest BCUT2D eigenvalue weighted by Crippen LogP contribution is 2.40.